The van der Waals surface area contributed by atoms with Crippen LogP contribution in [0.15, 0.2) is 48.5 Å². The third-order valence-electron chi connectivity index (χ3n) is 2.98. The second-order valence-electron chi connectivity index (χ2n) is 4.82. The summed E-state index contributed by atoms with van der Waals surface area (Å²) >= 11 is 7.14. The van der Waals surface area contributed by atoms with Gasteiger partial charge in [0, 0.05) is 14.8 Å². The molecule has 0 radical (unpaired) electrons. The van der Waals surface area contributed by atoms with Gasteiger partial charge in [-0.3, -0.25) is 15.5 Å². The van der Waals surface area contributed by atoms with Gasteiger partial charge >= 0.3 is 6.03 Å². The molecule has 0 atom stereocenters. The van der Waals surface area contributed by atoms with Crippen LogP contribution in [0.3, 0.4) is 0 Å². The summed E-state index contributed by atoms with van der Waals surface area (Å²) in [4.78, 5) is 23.8. The van der Waals surface area contributed by atoms with E-state index in [4.69, 9.17) is 12.2 Å². The number of aryl methyl sites for hydroxylation is 1. The Kier molecular flexibility index (Phi) is 6.50. The van der Waals surface area contributed by atoms with E-state index in [1.165, 1.54) is 0 Å². The number of nitrogens with one attached hydrogen (secondary N) is 4. The molecule has 0 saturated heterocycles. The monoisotopic (exact) mass is 454 g/mol. The minimum absolute atomic E-state index is 0.00112. The molecule has 0 aromatic heterocycles. The second kappa shape index (κ2) is 8.60. The van der Waals surface area contributed by atoms with E-state index >= 15 is 0 Å². The zero-order valence-corrected chi connectivity index (χ0v) is 15.7. The first kappa shape index (κ1) is 18.1. The molecule has 3 amide bonds. The fraction of sp³-hybridized carbons (Fsp3) is 0.0625. The Hall–Kier alpha value is -2.20. The van der Waals surface area contributed by atoms with Crippen molar-refractivity contribution < 1.29 is 9.59 Å². The molecule has 0 fully saturated rings. The highest BCUT2D eigenvalue weighted by atomic mass is 127. The van der Waals surface area contributed by atoms with Crippen molar-refractivity contribution in [2.24, 2.45) is 0 Å². The van der Waals surface area contributed by atoms with Gasteiger partial charge < -0.3 is 5.32 Å². The van der Waals surface area contributed by atoms with Gasteiger partial charge in [-0.15, -0.1) is 0 Å². The molecule has 0 aliphatic heterocycles. The summed E-state index contributed by atoms with van der Waals surface area (Å²) in [5, 5.41) is 5.11. The summed E-state index contributed by atoms with van der Waals surface area (Å²) in [6, 6.07) is 13.8. The first-order valence-electron chi connectivity index (χ1n) is 6.95. The van der Waals surface area contributed by atoms with E-state index in [9.17, 15) is 9.59 Å². The standard InChI is InChI=1S/C16H15IN4O2S/c1-10-7-8-11(9-13(10)17)14(22)19-16(24)21-20-15(23)18-12-5-3-2-4-6-12/h2-9H,1H3,(H2,18,20,23)(H2,19,21,22,24). The minimum Gasteiger partial charge on any atom is -0.307 e. The molecule has 0 spiro atoms. The number of benzene rings is 2. The summed E-state index contributed by atoms with van der Waals surface area (Å²) in [6.07, 6.45) is 0. The highest BCUT2D eigenvalue weighted by Gasteiger charge is 2.09. The quantitative estimate of drug-likeness (QED) is 0.320. The average Bonchev–Trinajstić information content (AvgIpc) is 2.56. The molecule has 124 valence electrons. The number of hydrogen-bond donors (Lipinski definition) is 4. The first-order valence-corrected chi connectivity index (χ1v) is 8.44. The molecule has 0 aliphatic carbocycles. The summed E-state index contributed by atoms with van der Waals surface area (Å²) < 4.78 is 0.986. The van der Waals surface area contributed by atoms with E-state index in [1.807, 2.05) is 19.1 Å². The number of rotatable bonds is 2. The topological polar surface area (TPSA) is 82.3 Å². The van der Waals surface area contributed by atoms with Crippen LogP contribution in [-0.4, -0.2) is 17.1 Å². The van der Waals surface area contributed by atoms with Crippen molar-refractivity contribution in [2.45, 2.75) is 6.92 Å². The average molecular weight is 454 g/mol. The lowest BCUT2D eigenvalue weighted by molar-refractivity contribution is 0.0976. The number of anilines is 1. The first-order chi connectivity index (χ1) is 11.5. The van der Waals surface area contributed by atoms with Crippen molar-refractivity contribution in [3.05, 3.63) is 63.2 Å². The number of hydrazine groups is 1. The lowest BCUT2D eigenvalue weighted by Gasteiger charge is -2.12. The molecule has 2 aromatic rings. The number of hydrogen-bond acceptors (Lipinski definition) is 3. The van der Waals surface area contributed by atoms with Crippen LogP contribution < -0.4 is 21.5 Å². The third-order valence-corrected chi connectivity index (χ3v) is 4.35. The molecule has 0 aliphatic rings. The van der Waals surface area contributed by atoms with Crippen molar-refractivity contribution in [1.29, 1.82) is 0 Å². The van der Waals surface area contributed by atoms with Crippen molar-refractivity contribution in [3.8, 4) is 0 Å². The van der Waals surface area contributed by atoms with Gasteiger partial charge in [0.1, 0.15) is 0 Å². The van der Waals surface area contributed by atoms with E-state index in [1.54, 1.807) is 36.4 Å². The van der Waals surface area contributed by atoms with Crippen LogP contribution in [-0.2, 0) is 0 Å². The van der Waals surface area contributed by atoms with Crippen molar-refractivity contribution in [2.75, 3.05) is 5.32 Å². The number of amides is 3. The molecule has 4 N–H and O–H groups in total. The van der Waals surface area contributed by atoms with E-state index in [0.717, 1.165) is 9.13 Å². The lowest BCUT2D eigenvalue weighted by Crippen LogP contribution is -2.49. The summed E-state index contributed by atoms with van der Waals surface area (Å²) in [5.41, 5.74) is 7.03. The van der Waals surface area contributed by atoms with Crippen molar-refractivity contribution in [1.82, 2.24) is 16.2 Å². The highest BCUT2D eigenvalue weighted by molar-refractivity contribution is 14.1. The zero-order valence-electron chi connectivity index (χ0n) is 12.7. The molecule has 6 nitrogen and oxygen atoms in total. The Morgan fingerprint density at radius 3 is 2.42 bits per heavy atom. The summed E-state index contributed by atoms with van der Waals surface area (Å²) in [5.74, 6) is -0.351. The number of urea groups is 1. The van der Waals surface area contributed by atoms with Crippen LogP contribution in [0.1, 0.15) is 15.9 Å². The number of thiocarbonyl (C=S) groups is 1. The van der Waals surface area contributed by atoms with Crippen molar-refractivity contribution in [3.63, 3.8) is 0 Å². The Labute approximate surface area is 158 Å². The number of para-hydroxylation sites is 1. The maximum absolute atomic E-state index is 12.1. The van der Waals surface area contributed by atoms with Gasteiger partial charge in [-0.05, 0) is 71.6 Å². The molecule has 2 rings (SSSR count). The van der Waals surface area contributed by atoms with Crippen LogP contribution in [0.4, 0.5) is 10.5 Å². The predicted octanol–water partition coefficient (Wildman–Crippen LogP) is 2.94. The molecule has 0 unspecified atom stereocenters. The second-order valence-corrected chi connectivity index (χ2v) is 6.39. The lowest BCUT2D eigenvalue weighted by atomic mass is 10.1. The van der Waals surface area contributed by atoms with Crippen LogP contribution >= 0.6 is 34.8 Å². The van der Waals surface area contributed by atoms with Gasteiger partial charge in [0.25, 0.3) is 5.91 Å². The van der Waals surface area contributed by atoms with Crippen molar-refractivity contribution >= 4 is 57.5 Å². The van der Waals surface area contributed by atoms with E-state index in [-0.39, 0.29) is 11.0 Å². The van der Waals surface area contributed by atoms with Gasteiger partial charge in [0.05, 0.1) is 0 Å². The predicted molar refractivity (Wildman–Crippen MR) is 106 cm³/mol. The van der Waals surface area contributed by atoms with Crippen LogP contribution in [0.5, 0.6) is 0 Å². The molecular weight excluding hydrogens is 439 g/mol. The van der Waals surface area contributed by atoms with E-state index in [0.29, 0.717) is 11.3 Å². The molecular formula is C16H15IN4O2S. The van der Waals surface area contributed by atoms with Gasteiger partial charge in [-0.2, -0.15) is 0 Å². The van der Waals surface area contributed by atoms with Gasteiger partial charge in [0.2, 0.25) is 0 Å². The molecule has 8 heteroatoms. The largest absolute Gasteiger partial charge is 0.337 e. The Balaban J connectivity index is 1.81. The fourth-order valence-corrected chi connectivity index (χ4v) is 2.40. The SMILES string of the molecule is Cc1ccc(C(=O)NC(=S)NNC(=O)Nc2ccccc2)cc1I. The fourth-order valence-electron chi connectivity index (χ4n) is 1.74. The smallest absolute Gasteiger partial charge is 0.307 e. The Morgan fingerprint density at radius 1 is 1.04 bits per heavy atom. The van der Waals surface area contributed by atoms with Gasteiger partial charge in [-0.25, -0.2) is 10.2 Å². The van der Waals surface area contributed by atoms with E-state index < -0.39 is 6.03 Å². The highest BCUT2D eigenvalue weighted by Crippen LogP contribution is 2.13. The maximum atomic E-state index is 12.1. The number of carbonyl (C=O) groups is 2. The molecule has 0 bridgehead atoms. The molecule has 24 heavy (non-hydrogen) atoms. The van der Waals surface area contributed by atoms with Gasteiger partial charge in [0.15, 0.2) is 5.11 Å². The maximum Gasteiger partial charge on any atom is 0.337 e. The molecule has 0 saturated carbocycles. The zero-order chi connectivity index (χ0) is 17.5. The van der Waals surface area contributed by atoms with E-state index in [2.05, 4.69) is 44.1 Å². The Morgan fingerprint density at radius 2 is 1.75 bits per heavy atom. The minimum atomic E-state index is -0.498. The third kappa shape index (κ3) is 5.46. The van der Waals surface area contributed by atoms with Crippen LogP contribution in [0.25, 0.3) is 0 Å². The van der Waals surface area contributed by atoms with Crippen LogP contribution in [0.2, 0.25) is 0 Å². The molecule has 0 heterocycles. The van der Waals surface area contributed by atoms with Gasteiger partial charge in [-0.1, -0.05) is 24.3 Å². The van der Waals surface area contributed by atoms with Crippen LogP contribution in [0, 0.1) is 10.5 Å². The number of carbonyl (C=O) groups excluding carboxylic acids is 2. The summed E-state index contributed by atoms with van der Waals surface area (Å²) in [7, 11) is 0. The summed E-state index contributed by atoms with van der Waals surface area (Å²) in [6.45, 7) is 1.96. The number of halogens is 1. The Bertz CT molecular complexity index is 768. The molecule has 2 aromatic carbocycles. The normalized spacial score (nSPS) is 9.75.